The third-order valence-corrected chi connectivity index (χ3v) is 26.9. The van der Waals surface area contributed by atoms with E-state index in [-0.39, 0.29) is 58.0 Å². The lowest BCUT2D eigenvalue weighted by molar-refractivity contribution is -0.105. The standard InChI is InChI=1S/C69H72F2N2O4.C26H28BNO4.C17H16F2I2/c1-40-30-54(64(74)60(32-40)72-56-22-16-42(66(3,4)5)34-48(56)49-35-43(67(6,7)8)17-23-57(49)72)52-38-46(70)20-26-62(52)76-28-15-29-77-63-27-21-47(71)39-53(63)55-31-41(2)33-61(65(55)75)73-58-24-18-44(68(9,10)11)36-50(58)51-37-45(69(12,13)14)19-25-59(51)73;1-16-7-9-22-19(12-16)20-13-17(2)8-10-23(20)28(22)24-15-18(3)14-21(27(29)30)26(24)32-25-6-4-5-11-31-25;18-14-8-6-12(16(20)10-14)4-2-1-3-5-13-7-9-15(19)11-17(13)21/h16-27,30-39,74-75H,15,28-29H2,1-14H3;7-10,12-15,25,29-30H,4-6,11H2,1-3H3;6-11H,1-5H2. The van der Waals surface area contributed by atoms with Gasteiger partial charge in [0.25, 0.3) is 0 Å². The Balaban J connectivity index is 0.000000197. The summed E-state index contributed by atoms with van der Waals surface area (Å²) in [6.07, 6.45) is 8.11. The molecule has 130 heavy (non-hydrogen) atoms. The molecule has 0 bridgehead atoms. The molecule has 4 heterocycles. The number of nitrogens with zero attached hydrogens (tertiary/aromatic N) is 3. The van der Waals surface area contributed by atoms with Crippen LogP contribution in [0.3, 0.4) is 0 Å². The number of aromatic nitrogens is 3. The lowest BCUT2D eigenvalue weighted by Gasteiger charge is -2.27. The molecule has 17 rings (SSSR count). The SMILES string of the molecule is Cc1cc(-c2cc(F)ccc2OCCCOc2ccc(F)cc2-c2cc(C)cc(-n3c4ccc(C(C)(C)C)cc4c4cc(C(C)(C)C)ccc43)c2O)c(O)c(-n2c3ccc(C(C)(C)C)cc3c3cc(C(C)(C)C)ccc32)c1.Cc1cc(B(O)O)c(OC2CCCCO2)c(-n2c3ccc(C)cc3c3cc(C)ccc32)c1.Fc1ccc(CCCCCc2ccc(F)cc2I)c(I)c1. The molecule has 0 spiro atoms. The van der Waals surface area contributed by atoms with Crippen LogP contribution in [0.5, 0.6) is 28.7 Å². The van der Waals surface area contributed by atoms with Crippen LogP contribution in [0.25, 0.3) is 105 Å². The fourth-order valence-electron chi connectivity index (χ4n) is 17.8. The van der Waals surface area contributed by atoms with Gasteiger partial charge in [-0.3, -0.25) is 0 Å². The van der Waals surface area contributed by atoms with Crippen LogP contribution in [0.15, 0.2) is 218 Å². The predicted molar refractivity (Wildman–Crippen MR) is 544 cm³/mol. The van der Waals surface area contributed by atoms with Crippen LogP contribution in [-0.2, 0) is 39.2 Å². The zero-order valence-electron chi connectivity index (χ0n) is 77.5. The second-order valence-electron chi connectivity index (χ2n) is 39.2. The monoisotopic (exact) mass is 1970 g/mol. The minimum Gasteiger partial charge on any atom is -0.505 e. The smallest absolute Gasteiger partial charge is 0.492 e. The first kappa shape index (κ1) is 94.0. The second-order valence-corrected chi connectivity index (χ2v) is 41.5. The van der Waals surface area contributed by atoms with Gasteiger partial charge in [-0.15, -0.1) is 0 Å². The molecular weight excluding hydrogens is 1860 g/mol. The van der Waals surface area contributed by atoms with Crippen LogP contribution in [0, 0.1) is 65.0 Å². The first-order valence-electron chi connectivity index (χ1n) is 45.1. The Morgan fingerprint density at radius 3 is 1.08 bits per heavy atom. The van der Waals surface area contributed by atoms with Crippen molar-refractivity contribution >= 4 is 123 Å². The third-order valence-electron chi connectivity index (χ3n) is 24.9. The summed E-state index contributed by atoms with van der Waals surface area (Å²) in [5.41, 5.74) is 22.0. The zero-order chi connectivity index (χ0) is 92.9. The van der Waals surface area contributed by atoms with Crippen molar-refractivity contribution < 1.29 is 56.8 Å². The Morgan fingerprint density at radius 1 is 0.369 bits per heavy atom. The summed E-state index contributed by atoms with van der Waals surface area (Å²) in [6.45, 7) is 37.7. The van der Waals surface area contributed by atoms with Gasteiger partial charge in [-0.1, -0.05) is 155 Å². The number of phenols is 2. The molecule has 1 aliphatic heterocycles. The van der Waals surface area contributed by atoms with Crippen molar-refractivity contribution in [3.8, 4) is 68.1 Å². The van der Waals surface area contributed by atoms with Gasteiger partial charge < -0.3 is 52.9 Å². The lowest BCUT2D eigenvalue weighted by Crippen LogP contribution is -2.35. The Hall–Kier alpha value is -10.6. The number of aromatic hydroxyl groups is 2. The number of fused-ring (bicyclic) bond motifs is 9. The molecule has 672 valence electrons. The van der Waals surface area contributed by atoms with Crippen LogP contribution in [0.2, 0.25) is 0 Å². The molecule has 0 saturated carbocycles. The summed E-state index contributed by atoms with van der Waals surface area (Å²) in [7, 11) is -1.65. The first-order valence-corrected chi connectivity index (χ1v) is 47.2. The number of unbranched alkanes of at least 4 members (excludes halogenated alkanes) is 2. The molecule has 13 aromatic carbocycles. The quantitative estimate of drug-likeness (QED) is 0.0257. The highest BCUT2D eigenvalue weighted by atomic mass is 127. The van der Waals surface area contributed by atoms with Crippen LogP contribution < -0.4 is 19.7 Å². The van der Waals surface area contributed by atoms with E-state index in [1.165, 1.54) is 80.9 Å². The van der Waals surface area contributed by atoms with Crippen molar-refractivity contribution in [3.63, 3.8) is 0 Å². The van der Waals surface area contributed by atoms with Crippen molar-refractivity contribution in [1.29, 1.82) is 0 Å². The normalized spacial score (nSPS) is 13.3. The van der Waals surface area contributed by atoms with E-state index in [2.05, 4.69) is 265 Å². The van der Waals surface area contributed by atoms with E-state index in [4.69, 9.17) is 18.9 Å². The molecule has 1 saturated heterocycles. The van der Waals surface area contributed by atoms with Gasteiger partial charge in [-0.25, -0.2) is 17.6 Å². The van der Waals surface area contributed by atoms with E-state index in [1.54, 1.807) is 30.3 Å². The van der Waals surface area contributed by atoms with Crippen LogP contribution in [0.1, 0.15) is 189 Å². The number of ether oxygens (including phenoxy) is 4. The van der Waals surface area contributed by atoms with Gasteiger partial charge >= 0.3 is 7.12 Å². The summed E-state index contributed by atoms with van der Waals surface area (Å²) >= 11 is 4.37. The zero-order valence-corrected chi connectivity index (χ0v) is 81.8. The van der Waals surface area contributed by atoms with Gasteiger partial charge in [0.2, 0.25) is 0 Å². The van der Waals surface area contributed by atoms with Gasteiger partial charge in [0.05, 0.1) is 70.0 Å². The van der Waals surface area contributed by atoms with Gasteiger partial charge in [0.1, 0.15) is 52.0 Å². The second kappa shape index (κ2) is 38.3. The maximum absolute atomic E-state index is 15.4. The summed E-state index contributed by atoms with van der Waals surface area (Å²) in [6, 6.07) is 69.3. The number of hydrogen-bond donors (Lipinski definition) is 4. The average molecular weight is 1970 g/mol. The highest BCUT2D eigenvalue weighted by molar-refractivity contribution is 14.1. The highest BCUT2D eigenvalue weighted by Gasteiger charge is 2.31. The van der Waals surface area contributed by atoms with Crippen LogP contribution in [-0.4, -0.2) is 67.2 Å². The summed E-state index contributed by atoms with van der Waals surface area (Å²) < 4.78 is 90.1. The highest BCUT2D eigenvalue weighted by Crippen LogP contribution is 2.49. The minimum absolute atomic E-state index is 0.00173. The van der Waals surface area contributed by atoms with Crippen LogP contribution >= 0.6 is 45.2 Å². The van der Waals surface area contributed by atoms with Crippen molar-refractivity contribution in [2.75, 3.05) is 19.8 Å². The van der Waals surface area contributed by atoms with Gasteiger partial charge in [0.15, 0.2) is 6.29 Å². The molecular formula is C112H116BF4I2N3O8. The number of phenolic OH excluding ortho intramolecular Hbond substituents is 2. The van der Waals surface area contributed by atoms with Gasteiger partial charge in [-0.05, 0) is 354 Å². The van der Waals surface area contributed by atoms with E-state index in [1.807, 2.05) is 63.2 Å². The van der Waals surface area contributed by atoms with E-state index in [0.717, 1.165) is 146 Å². The van der Waals surface area contributed by atoms with Crippen LogP contribution in [0.4, 0.5) is 17.6 Å². The fourth-order valence-corrected chi connectivity index (χ4v) is 19.3. The predicted octanol–water partition coefficient (Wildman–Crippen LogP) is 29.0. The molecule has 1 unspecified atom stereocenters. The Bertz CT molecular complexity index is 6460. The number of benzene rings is 13. The van der Waals surface area contributed by atoms with Crippen molar-refractivity contribution in [2.45, 2.75) is 203 Å². The summed E-state index contributed by atoms with van der Waals surface area (Å²) in [5.74, 6) is -0.0101. The molecule has 11 nitrogen and oxygen atoms in total. The average Bonchev–Trinajstić information content (AvgIpc) is 1.58. The molecule has 1 atom stereocenters. The number of halogens is 6. The van der Waals surface area contributed by atoms with Crippen molar-refractivity contribution in [3.05, 3.63) is 310 Å². The molecule has 0 amide bonds. The maximum atomic E-state index is 15.4. The first-order chi connectivity index (χ1) is 61.6. The number of hydrogen-bond acceptors (Lipinski definition) is 8. The van der Waals surface area contributed by atoms with E-state index < -0.39 is 25.0 Å². The van der Waals surface area contributed by atoms with Gasteiger partial charge in [0, 0.05) is 80.0 Å². The topological polar surface area (TPSA) is 133 Å². The summed E-state index contributed by atoms with van der Waals surface area (Å²) in [4.78, 5) is 0. The van der Waals surface area contributed by atoms with Crippen molar-refractivity contribution in [1.82, 2.24) is 13.7 Å². The largest absolute Gasteiger partial charge is 0.505 e. The van der Waals surface area contributed by atoms with Gasteiger partial charge in [-0.2, -0.15) is 0 Å². The minimum atomic E-state index is -1.65. The van der Waals surface area contributed by atoms with E-state index >= 15 is 8.78 Å². The molecule has 0 aliphatic carbocycles. The van der Waals surface area contributed by atoms with E-state index in [0.29, 0.717) is 69.4 Å². The molecule has 4 N–H and O–H groups in total. The third kappa shape index (κ3) is 20.4. The molecule has 18 heteroatoms. The molecule has 1 aliphatic rings. The lowest BCUT2D eigenvalue weighted by atomic mass is 9.78. The molecule has 3 aromatic heterocycles. The van der Waals surface area contributed by atoms with Crippen molar-refractivity contribution in [2.24, 2.45) is 0 Å². The Kier molecular flexibility index (Phi) is 27.7. The molecule has 0 radical (unpaired) electrons. The van der Waals surface area contributed by atoms with E-state index in [9.17, 15) is 29.0 Å². The molecule has 16 aromatic rings. The fraction of sp³-hybridized carbons (Fsp3) is 0.304. The summed E-state index contributed by atoms with van der Waals surface area (Å²) in [5, 5.41) is 52.0. The molecule has 1 fully saturated rings. The number of rotatable bonds is 20. The maximum Gasteiger partial charge on any atom is 0.492 e. The Morgan fingerprint density at radius 2 is 0.715 bits per heavy atom. The number of aryl methyl sites for hydroxylation is 7. The Labute approximate surface area is 788 Å².